The molecule has 1 unspecified atom stereocenters. The van der Waals surface area contributed by atoms with E-state index >= 15 is 0 Å². The van der Waals surface area contributed by atoms with Crippen molar-refractivity contribution in [1.29, 1.82) is 0 Å². The molecule has 0 fully saturated rings. The highest BCUT2D eigenvalue weighted by Gasteiger charge is 2.24. The number of benzene rings is 1. The number of carbonyl (C=O) groups is 1. The Morgan fingerprint density at radius 3 is 2.71 bits per heavy atom. The molecule has 0 bridgehead atoms. The second kappa shape index (κ2) is 6.25. The highest BCUT2D eigenvalue weighted by molar-refractivity contribution is 7.89. The van der Waals surface area contributed by atoms with Crippen LogP contribution in [0.2, 0.25) is 0 Å². The third kappa shape index (κ3) is 3.57. The number of nitrogens with zero attached hydrogens (tertiary/aromatic N) is 2. The molecule has 3 rings (SSSR count). The van der Waals surface area contributed by atoms with Gasteiger partial charge in [-0.05, 0) is 43.5 Å². The van der Waals surface area contributed by atoms with Crippen LogP contribution in [0.5, 0.6) is 0 Å². The highest BCUT2D eigenvalue weighted by atomic mass is 32.2. The maximum atomic E-state index is 12.2. The van der Waals surface area contributed by atoms with Gasteiger partial charge in [-0.25, -0.2) is 18.4 Å². The van der Waals surface area contributed by atoms with Gasteiger partial charge in [0.05, 0.1) is 16.6 Å². The Balaban J connectivity index is 1.66. The third-order valence-electron chi connectivity index (χ3n) is 3.97. The molecule has 2 amide bonds. The zero-order valence-corrected chi connectivity index (χ0v) is 14.0. The van der Waals surface area contributed by atoms with Crippen LogP contribution in [0, 0.1) is 0 Å². The van der Waals surface area contributed by atoms with E-state index in [0.29, 0.717) is 5.69 Å². The Labute approximate surface area is 140 Å². The topological polar surface area (TPSA) is 119 Å². The van der Waals surface area contributed by atoms with Gasteiger partial charge in [0.2, 0.25) is 10.0 Å². The van der Waals surface area contributed by atoms with Crippen LogP contribution in [0.1, 0.15) is 30.1 Å². The molecule has 4 N–H and O–H groups in total. The molecule has 1 aromatic carbocycles. The minimum Gasteiger partial charge on any atom is -0.331 e. The summed E-state index contributed by atoms with van der Waals surface area (Å²) in [6.45, 7) is 0. The smallest absolute Gasteiger partial charge is 0.319 e. The van der Waals surface area contributed by atoms with Gasteiger partial charge in [0.25, 0.3) is 0 Å². The van der Waals surface area contributed by atoms with Gasteiger partial charge in [-0.3, -0.25) is 4.68 Å². The Morgan fingerprint density at radius 1 is 1.33 bits per heavy atom. The normalized spacial score (nSPS) is 17.2. The number of hydrogen-bond donors (Lipinski definition) is 3. The van der Waals surface area contributed by atoms with E-state index in [-0.39, 0.29) is 17.0 Å². The van der Waals surface area contributed by atoms with Crippen molar-refractivity contribution in [2.45, 2.75) is 30.2 Å². The van der Waals surface area contributed by atoms with Crippen LogP contribution < -0.4 is 15.8 Å². The number of fused-ring (bicyclic) bond motifs is 1. The standard InChI is InChI=1S/C15H19N5O3S/c1-20-9-12-13(3-2-4-14(12)19-20)18-15(21)17-10-5-7-11(8-6-10)24(16,22)23/h5-9,13H,2-4H2,1H3,(H2,16,22,23)(H2,17,18,21). The summed E-state index contributed by atoms with van der Waals surface area (Å²) in [5.74, 6) is 0. The predicted octanol–water partition coefficient (Wildman–Crippen LogP) is 1.27. The van der Waals surface area contributed by atoms with Crippen molar-refractivity contribution in [3.05, 3.63) is 41.7 Å². The first-order valence-corrected chi connectivity index (χ1v) is 9.10. The van der Waals surface area contributed by atoms with Gasteiger partial charge in [-0.15, -0.1) is 0 Å². The van der Waals surface area contributed by atoms with Crippen molar-refractivity contribution in [3.8, 4) is 0 Å². The maximum absolute atomic E-state index is 12.2. The number of sulfonamides is 1. The molecule has 0 spiro atoms. The largest absolute Gasteiger partial charge is 0.331 e. The number of rotatable bonds is 3. The van der Waals surface area contributed by atoms with Crippen LogP contribution in [-0.2, 0) is 23.5 Å². The lowest BCUT2D eigenvalue weighted by Crippen LogP contribution is -2.34. The molecule has 9 heteroatoms. The van der Waals surface area contributed by atoms with Crippen molar-refractivity contribution >= 4 is 21.7 Å². The first-order chi connectivity index (χ1) is 11.3. The lowest BCUT2D eigenvalue weighted by molar-refractivity contribution is 0.247. The number of primary sulfonamides is 1. The Morgan fingerprint density at radius 2 is 2.04 bits per heavy atom. The number of amides is 2. The summed E-state index contributed by atoms with van der Waals surface area (Å²) in [6.07, 6.45) is 4.68. The van der Waals surface area contributed by atoms with Crippen LogP contribution in [0.4, 0.5) is 10.5 Å². The first-order valence-electron chi connectivity index (χ1n) is 7.56. The number of hydrogen-bond acceptors (Lipinski definition) is 4. The fraction of sp³-hybridized carbons (Fsp3) is 0.333. The summed E-state index contributed by atoms with van der Waals surface area (Å²) in [5.41, 5.74) is 2.55. The summed E-state index contributed by atoms with van der Waals surface area (Å²) in [6, 6.07) is 5.27. The zero-order valence-electron chi connectivity index (χ0n) is 13.2. The molecule has 24 heavy (non-hydrogen) atoms. The lowest BCUT2D eigenvalue weighted by Gasteiger charge is -2.22. The summed E-state index contributed by atoms with van der Waals surface area (Å²) >= 11 is 0. The summed E-state index contributed by atoms with van der Waals surface area (Å²) < 4.78 is 24.2. The molecular formula is C15H19N5O3S. The molecule has 1 aliphatic rings. The van der Waals surface area contributed by atoms with Crippen molar-refractivity contribution in [3.63, 3.8) is 0 Å². The molecule has 2 aromatic rings. The van der Waals surface area contributed by atoms with E-state index in [4.69, 9.17) is 5.14 Å². The number of aromatic nitrogens is 2. The minimum atomic E-state index is -3.74. The van der Waals surface area contributed by atoms with Crippen LogP contribution in [-0.4, -0.2) is 24.2 Å². The average Bonchev–Trinajstić information content (AvgIpc) is 2.88. The number of nitrogens with one attached hydrogen (secondary N) is 2. The number of carbonyl (C=O) groups excluding carboxylic acids is 1. The van der Waals surface area contributed by atoms with Crippen LogP contribution in [0.25, 0.3) is 0 Å². The SMILES string of the molecule is Cn1cc2c(n1)CCCC2NC(=O)Nc1ccc(S(N)(=O)=O)cc1. The van der Waals surface area contributed by atoms with E-state index in [1.54, 1.807) is 4.68 Å². The fourth-order valence-electron chi connectivity index (χ4n) is 2.87. The molecule has 0 aliphatic heterocycles. The number of anilines is 1. The van der Waals surface area contributed by atoms with E-state index in [1.165, 1.54) is 24.3 Å². The van der Waals surface area contributed by atoms with Crippen LogP contribution >= 0.6 is 0 Å². The van der Waals surface area contributed by atoms with E-state index < -0.39 is 10.0 Å². The summed E-state index contributed by atoms with van der Waals surface area (Å²) in [7, 11) is -1.88. The van der Waals surface area contributed by atoms with E-state index in [2.05, 4.69) is 15.7 Å². The Bertz CT molecular complexity index is 858. The van der Waals surface area contributed by atoms with Crippen LogP contribution in [0.3, 0.4) is 0 Å². The monoisotopic (exact) mass is 349 g/mol. The zero-order chi connectivity index (χ0) is 17.3. The van der Waals surface area contributed by atoms with Gasteiger partial charge in [-0.1, -0.05) is 0 Å². The molecule has 1 aromatic heterocycles. The number of nitrogens with two attached hydrogens (primary N) is 1. The molecule has 0 saturated carbocycles. The number of urea groups is 1. The molecule has 1 heterocycles. The van der Waals surface area contributed by atoms with E-state index in [0.717, 1.165) is 30.5 Å². The molecule has 0 saturated heterocycles. The lowest BCUT2D eigenvalue weighted by atomic mass is 9.93. The van der Waals surface area contributed by atoms with Gasteiger partial charge < -0.3 is 10.6 Å². The predicted molar refractivity (Wildman–Crippen MR) is 88.9 cm³/mol. The van der Waals surface area contributed by atoms with E-state index in [9.17, 15) is 13.2 Å². The molecular weight excluding hydrogens is 330 g/mol. The van der Waals surface area contributed by atoms with E-state index in [1.807, 2.05) is 13.2 Å². The van der Waals surface area contributed by atoms with Crippen LogP contribution in [0.15, 0.2) is 35.4 Å². The Kier molecular flexibility index (Phi) is 4.29. The molecule has 0 radical (unpaired) electrons. The molecule has 128 valence electrons. The average molecular weight is 349 g/mol. The molecule has 8 nitrogen and oxygen atoms in total. The summed E-state index contributed by atoms with van der Waals surface area (Å²) in [4.78, 5) is 12.2. The third-order valence-corrected chi connectivity index (χ3v) is 4.89. The first kappa shape index (κ1) is 16.5. The van der Waals surface area contributed by atoms with Gasteiger partial charge in [0.1, 0.15) is 0 Å². The fourth-order valence-corrected chi connectivity index (χ4v) is 3.39. The second-order valence-corrected chi connectivity index (χ2v) is 7.38. The molecule has 1 aliphatic carbocycles. The highest BCUT2D eigenvalue weighted by Crippen LogP contribution is 2.28. The van der Waals surface area contributed by atoms with Gasteiger partial charge >= 0.3 is 6.03 Å². The maximum Gasteiger partial charge on any atom is 0.319 e. The van der Waals surface area contributed by atoms with Crippen molar-refractivity contribution in [1.82, 2.24) is 15.1 Å². The quantitative estimate of drug-likeness (QED) is 0.773. The number of aryl methyl sites for hydroxylation is 2. The minimum absolute atomic E-state index is 0.000686. The van der Waals surface area contributed by atoms with Crippen molar-refractivity contribution < 1.29 is 13.2 Å². The summed E-state index contributed by atoms with van der Waals surface area (Å²) in [5, 5.41) is 15.1. The second-order valence-electron chi connectivity index (χ2n) is 5.82. The van der Waals surface area contributed by atoms with Crippen molar-refractivity contribution in [2.75, 3.05) is 5.32 Å². The van der Waals surface area contributed by atoms with Crippen molar-refractivity contribution in [2.24, 2.45) is 12.2 Å². The molecule has 1 atom stereocenters. The van der Waals surface area contributed by atoms with Gasteiger partial charge in [0, 0.05) is 24.5 Å². The Hall–Kier alpha value is -2.39. The van der Waals surface area contributed by atoms with Gasteiger partial charge in [-0.2, -0.15) is 5.10 Å². The van der Waals surface area contributed by atoms with Gasteiger partial charge in [0.15, 0.2) is 0 Å².